The first-order chi connectivity index (χ1) is 8.58. The lowest BCUT2D eigenvalue weighted by Gasteiger charge is -2.25. The SMILES string of the molecule is COc1ccccc1SCC(N)(C(N)=O)C1CC1. The topological polar surface area (TPSA) is 78.3 Å². The van der Waals surface area contributed by atoms with Crippen molar-refractivity contribution in [2.75, 3.05) is 12.9 Å². The van der Waals surface area contributed by atoms with Gasteiger partial charge in [-0.2, -0.15) is 0 Å². The van der Waals surface area contributed by atoms with Crippen LogP contribution in [0.15, 0.2) is 29.2 Å². The van der Waals surface area contributed by atoms with Gasteiger partial charge in [-0.05, 0) is 30.9 Å². The second-order valence-corrected chi connectivity index (χ2v) is 5.64. The van der Waals surface area contributed by atoms with Crippen molar-refractivity contribution in [2.45, 2.75) is 23.3 Å². The van der Waals surface area contributed by atoms with Crippen LogP contribution >= 0.6 is 11.8 Å². The van der Waals surface area contributed by atoms with Crippen molar-refractivity contribution in [3.63, 3.8) is 0 Å². The van der Waals surface area contributed by atoms with Gasteiger partial charge < -0.3 is 16.2 Å². The Bertz CT molecular complexity index is 448. The molecule has 1 saturated carbocycles. The summed E-state index contributed by atoms with van der Waals surface area (Å²) in [5, 5.41) is 0. The van der Waals surface area contributed by atoms with Gasteiger partial charge in [-0.1, -0.05) is 12.1 Å². The number of para-hydroxylation sites is 1. The third kappa shape index (κ3) is 2.62. The van der Waals surface area contributed by atoms with E-state index in [4.69, 9.17) is 16.2 Å². The highest BCUT2D eigenvalue weighted by Gasteiger charge is 2.46. The van der Waals surface area contributed by atoms with Gasteiger partial charge in [0.25, 0.3) is 0 Å². The molecule has 1 aliphatic carbocycles. The Morgan fingerprint density at radius 3 is 2.72 bits per heavy atom. The van der Waals surface area contributed by atoms with E-state index >= 15 is 0 Å². The van der Waals surface area contributed by atoms with Crippen molar-refractivity contribution in [1.29, 1.82) is 0 Å². The number of hydrogen-bond donors (Lipinski definition) is 2. The van der Waals surface area contributed by atoms with Gasteiger partial charge in [-0.3, -0.25) is 4.79 Å². The zero-order valence-electron chi connectivity index (χ0n) is 10.4. The molecule has 1 aliphatic rings. The Hall–Kier alpha value is -1.20. The van der Waals surface area contributed by atoms with E-state index in [1.165, 1.54) is 11.8 Å². The highest BCUT2D eigenvalue weighted by atomic mass is 32.2. The molecule has 0 saturated heterocycles. The molecule has 4 N–H and O–H groups in total. The Balaban J connectivity index is 2.08. The van der Waals surface area contributed by atoms with E-state index in [1.54, 1.807) is 7.11 Å². The summed E-state index contributed by atoms with van der Waals surface area (Å²) in [4.78, 5) is 12.5. The fraction of sp³-hybridized carbons (Fsp3) is 0.462. The molecule has 0 spiro atoms. The zero-order valence-corrected chi connectivity index (χ0v) is 11.2. The van der Waals surface area contributed by atoms with E-state index in [-0.39, 0.29) is 5.92 Å². The summed E-state index contributed by atoms with van der Waals surface area (Å²) in [6.07, 6.45) is 1.98. The van der Waals surface area contributed by atoms with E-state index in [0.717, 1.165) is 23.5 Å². The maximum atomic E-state index is 11.5. The fourth-order valence-corrected chi connectivity index (χ4v) is 3.16. The Labute approximate surface area is 111 Å². The molecule has 0 aromatic heterocycles. The molecule has 1 aromatic carbocycles. The first-order valence-corrected chi connectivity index (χ1v) is 6.91. The van der Waals surface area contributed by atoms with Gasteiger partial charge in [0.1, 0.15) is 11.3 Å². The molecule has 18 heavy (non-hydrogen) atoms. The molecule has 4 nitrogen and oxygen atoms in total. The molecule has 98 valence electrons. The Morgan fingerprint density at radius 1 is 1.50 bits per heavy atom. The van der Waals surface area contributed by atoms with Crippen LogP contribution in [0.4, 0.5) is 0 Å². The number of primary amides is 1. The molecule has 1 aromatic rings. The number of carbonyl (C=O) groups excluding carboxylic acids is 1. The number of methoxy groups -OCH3 is 1. The van der Waals surface area contributed by atoms with E-state index < -0.39 is 11.4 Å². The minimum Gasteiger partial charge on any atom is -0.496 e. The molecule has 2 rings (SSSR count). The van der Waals surface area contributed by atoms with Gasteiger partial charge in [0.05, 0.1) is 7.11 Å². The number of hydrogen-bond acceptors (Lipinski definition) is 4. The average Bonchev–Trinajstić information content (AvgIpc) is 3.20. The third-order valence-electron chi connectivity index (χ3n) is 3.30. The van der Waals surface area contributed by atoms with Crippen LogP contribution in [0.1, 0.15) is 12.8 Å². The number of benzene rings is 1. The van der Waals surface area contributed by atoms with E-state index in [9.17, 15) is 4.79 Å². The van der Waals surface area contributed by atoms with Crippen LogP contribution in [-0.2, 0) is 4.79 Å². The first-order valence-electron chi connectivity index (χ1n) is 5.92. The van der Waals surface area contributed by atoms with E-state index in [2.05, 4.69) is 0 Å². The summed E-state index contributed by atoms with van der Waals surface area (Å²) in [6, 6.07) is 7.69. The zero-order chi connectivity index (χ0) is 13.2. The highest BCUT2D eigenvalue weighted by molar-refractivity contribution is 7.99. The number of thioether (sulfide) groups is 1. The molecular formula is C13H18N2O2S. The van der Waals surface area contributed by atoms with E-state index in [0.29, 0.717) is 5.75 Å². The molecule has 0 heterocycles. The quantitative estimate of drug-likeness (QED) is 0.762. The molecule has 1 amide bonds. The summed E-state index contributed by atoms with van der Waals surface area (Å²) in [5.74, 6) is 1.11. The van der Waals surface area contributed by atoms with E-state index in [1.807, 2.05) is 24.3 Å². The van der Waals surface area contributed by atoms with Crippen LogP contribution in [0.25, 0.3) is 0 Å². The minimum absolute atomic E-state index is 0.234. The number of ether oxygens (including phenoxy) is 1. The predicted molar refractivity (Wildman–Crippen MR) is 72.6 cm³/mol. The molecule has 1 fully saturated rings. The smallest absolute Gasteiger partial charge is 0.238 e. The summed E-state index contributed by atoms with van der Waals surface area (Å²) in [6.45, 7) is 0. The maximum absolute atomic E-state index is 11.5. The molecule has 1 atom stereocenters. The monoisotopic (exact) mass is 266 g/mol. The second kappa shape index (κ2) is 5.20. The van der Waals surface area contributed by atoms with Crippen LogP contribution in [0.3, 0.4) is 0 Å². The number of carbonyl (C=O) groups is 1. The summed E-state index contributed by atoms with van der Waals surface area (Å²) < 4.78 is 5.27. The lowest BCUT2D eigenvalue weighted by Crippen LogP contribution is -2.56. The first kappa shape index (κ1) is 13.2. The lowest BCUT2D eigenvalue weighted by molar-refractivity contribution is -0.123. The molecular weight excluding hydrogens is 248 g/mol. The summed E-state index contributed by atoms with van der Waals surface area (Å²) in [7, 11) is 1.63. The fourth-order valence-electron chi connectivity index (χ4n) is 1.92. The van der Waals surface area contributed by atoms with Crippen molar-refractivity contribution >= 4 is 17.7 Å². The van der Waals surface area contributed by atoms with Crippen molar-refractivity contribution in [3.8, 4) is 5.75 Å². The van der Waals surface area contributed by atoms with Gasteiger partial charge in [-0.15, -0.1) is 11.8 Å². The molecule has 0 bridgehead atoms. The largest absolute Gasteiger partial charge is 0.496 e. The summed E-state index contributed by atoms with van der Waals surface area (Å²) in [5.41, 5.74) is 10.7. The van der Waals surface area contributed by atoms with Gasteiger partial charge in [0, 0.05) is 10.6 Å². The van der Waals surface area contributed by atoms with Gasteiger partial charge in [-0.25, -0.2) is 0 Å². The standard InChI is InChI=1S/C13H18N2O2S/c1-17-10-4-2-3-5-11(10)18-8-13(15,12(14)16)9-6-7-9/h2-5,9H,6-8,15H2,1H3,(H2,14,16). The van der Waals surface area contributed by atoms with Crippen molar-refractivity contribution < 1.29 is 9.53 Å². The lowest BCUT2D eigenvalue weighted by atomic mass is 9.96. The number of rotatable bonds is 6. The Kier molecular flexibility index (Phi) is 3.82. The van der Waals surface area contributed by atoms with Crippen molar-refractivity contribution in [3.05, 3.63) is 24.3 Å². The van der Waals surface area contributed by atoms with Crippen LogP contribution in [-0.4, -0.2) is 24.3 Å². The van der Waals surface area contributed by atoms with Crippen molar-refractivity contribution in [2.24, 2.45) is 17.4 Å². The summed E-state index contributed by atoms with van der Waals surface area (Å²) >= 11 is 1.52. The van der Waals surface area contributed by atoms with Gasteiger partial charge >= 0.3 is 0 Å². The third-order valence-corrected chi connectivity index (χ3v) is 4.57. The van der Waals surface area contributed by atoms with Crippen LogP contribution in [0, 0.1) is 5.92 Å². The Morgan fingerprint density at radius 2 is 2.17 bits per heavy atom. The highest BCUT2D eigenvalue weighted by Crippen LogP contribution is 2.41. The van der Waals surface area contributed by atoms with Gasteiger partial charge in [0.15, 0.2) is 0 Å². The second-order valence-electron chi connectivity index (χ2n) is 4.62. The van der Waals surface area contributed by atoms with Crippen LogP contribution in [0.5, 0.6) is 5.75 Å². The number of nitrogens with two attached hydrogens (primary N) is 2. The normalized spacial score (nSPS) is 18.1. The maximum Gasteiger partial charge on any atom is 0.238 e. The molecule has 1 unspecified atom stereocenters. The molecule has 0 radical (unpaired) electrons. The molecule has 0 aliphatic heterocycles. The predicted octanol–water partition coefficient (Wildman–Crippen LogP) is 1.38. The minimum atomic E-state index is -0.897. The van der Waals surface area contributed by atoms with Crippen molar-refractivity contribution in [1.82, 2.24) is 0 Å². The van der Waals surface area contributed by atoms with Crippen LogP contribution in [0.2, 0.25) is 0 Å². The van der Waals surface area contributed by atoms with Crippen LogP contribution < -0.4 is 16.2 Å². The average molecular weight is 266 g/mol. The number of amides is 1. The molecule has 5 heteroatoms. The van der Waals surface area contributed by atoms with Gasteiger partial charge in [0.2, 0.25) is 5.91 Å².